The highest BCUT2D eigenvalue weighted by Crippen LogP contribution is 2.57. The minimum absolute atomic E-state index is 0.107. The Morgan fingerprint density at radius 3 is 2.48 bits per heavy atom. The van der Waals surface area contributed by atoms with Gasteiger partial charge in [-0.2, -0.15) is 0 Å². The summed E-state index contributed by atoms with van der Waals surface area (Å²) in [5.41, 5.74) is 3.42. The van der Waals surface area contributed by atoms with Gasteiger partial charge in [0.15, 0.2) is 0 Å². The Hall–Kier alpha value is -2.34. The molecule has 1 aliphatic heterocycles. The molecule has 1 spiro atoms. The topological polar surface area (TPSA) is 50.5 Å². The minimum atomic E-state index is -3.35. The van der Waals surface area contributed by atoms with E-state index in [0.29, 0.717) is 17.9 Å². The zero-order chi connectivity index (χ0) is 18.8. The van der Waals surface area contributed by atoms with Crippen LogP contribution in [0.1, 0.15) is 31.2 Å². The second-order valence-electron chi connectivity index (χ2n) is 7.74. The second kappa shape index (κ2) is 5.58. The molecule has 6 heteroatoms. The average molecular weight is 385 g/mol. The first-order valence-corrected chi connectivity index (χ1v) is 11.0. The molecule has 3 aromatic rings. The molecule has 0 amide bonds. The van der Waals surface area contributed by atoms with Gasteiger partial charge in [-0.1, -0.05) is 0 Å². The van der Waals surface area contributed by atoms with Crippen LogP contribution in [0, 0.1) is 5.82 Å². The number of hydrogen-bond acceptors (Lipinski definition) is 3. The maximum atomic E-state index is 13.2. The molecule has 0 atom stereocenters. The van der Waals surface area contributed by atoms with Gasteiger partial charge in [-0.25, -0.2) is 12.8 Å². The largest absolute Gasteiger partial charge is 0.456 e. The lowest BCUT2D eigenvalue weighted by Gasteiger charge is -2.23. The van der Waals surface area contributed by atoms with E-state index in [4.69, 9.17) is 4.42 Å². The van der Waals surface area contributed by atoms with Crippen LogP contribution in [0.5, 0.6) is 0 Å². The number of hydrogen-bond donors (Lipinski definition) is 0. The van der Waals surface area contributed by atoms with Crippen LogP contribution in [-0.2, 0) is 15.4 Å². The molecule has 0 saturated heterocycles. The number of rotatable bonds is 2. The van der Waals surface area contributed by atoms with Gasteiger partial charge in [0, 0.05) is 23.6 Å². The molecule has 2 heterocycles. The quantitative estimate of drug-likeness (QED) is 0.635. The Balaban J connectivity index is 1.70. The highest BCUT2D eigenvalue weighted by atomic mass is 32.2. The number of fused-ring (bicyclic) bond motifs is 3. The van der Waals surface area contributed by atoms with Crippen molar-refractivity contribution < 1.29 is 17.2 Å². The van der Waals surface area contributed by atoms with Crippen LogP contribution in [-0.4, -0.2) is 21.2 Å². The van der Waals surface area contributed by atoms with Crippen molar-refractivity contribution in [3.8, 4) is 11.3 Å². The van der Waals surface area contributed by atoms with Crippen molar-refractivity contribution in [3.05, 3.63) is 53.8 Å². The van der Waals surface area contributed by atoms with E-state index in [2.05, 4.69) is 6.07 Å². The summed E-state index contributed by atoms with van der Waals surface area (Å²) in [6.07, 6.45) is 5.35. The van der Waals surface area contributed by atoms with Crippen molar-refractivity contribution in [2.24, 2.45) is 0 Å². The molecular formula is C21H20FNO3S. The number of benzene rings is 2. The standard InChI is InChI=1S/C21H20FNO3S/c1-27(24,25)23-10-2-7-21(8-9-21)17-11-15-12-19(26-20(15)13-18(17)23)14-3-5-16(22)6-4-14/h3-6,11-13H,2,7-10H2,1H3. The van der Waals surface area contributed by atoms with Crippen molar-refractivity contribution >= 4 is 26.7 Å². The molecule has 140 valence electrons. The van der Waals surface area contributed by atoms with Gasteiger partial charge in [0.2, 0.25) is 10.0 Å². The molecule has 1 aromatic heterocycles. The van der Waals surface area contributed by atoms with Crippen LogP contribution in [0.4, 0.5) is 10.1 Å². The van der Waals surface area contributed by atoms with Gasteiger partial charge in [-0.15, -0.1) is 0 Å². The lowest BCUT2D eigenvalue weighted by molar-refractivity contribution is 0.587. The molecule has 2 aliphatic rings. The van der Waals surface area contributed by atoms with E-state index in [-0.39, 0.29) is 11.2 Å². The highest BCUT2D eigenvalue weighted by molar-refractivity contribution is 7.92. The molecule has 0 unspecified atom stereocenters. The summed E-state index contributed by atoms with van der Waals surface area (Å²) in [6, 6.07) is 12.1. The van der Waals surface area contributed by atoms with Crippen molar-refractivity contribution in [2.75, 3.05) is 17.1 Å². The van der Waals surface area contributed by atoms with Crippen LogP contribution in [0.25, 0.3) is 22.3 Å². The molecule has 1 fully saturated rings. The molecule has 0 bridgehead atoms. The van der Waals surface area contributed by atoms with Gasteiger partial charge in [-0.3, -0.25) is 4.31 Å². The minimum Gasteiger partial charge on any atom is -0.456 e. The van der Waals surface area contributed by atoms with Crippen LogP contribution in [0.3, 0.4) is 0 Å². The molecule has 2 aromatic carbocycles. The Morgan fingerprint density at radius 1 is 1.07 bits per heavy atom. The van der Waals surface area contributed by atoms with Crippen LogP contribution in [0.2, 0.25) is 0 Å². The number of halogens is 1. The molecule has 0 radical (unpaired) electrons. The second-order valence-corrected chi connectivity index (χ2v) is 9.65. The zero-order valence-electron chi connectivity index (χ0n) is 15.0. The third-order valence-electron chi connectivity index (χ3n) is 5.87. The molecule has 1 saturated carbocycles. The Kier molecular flexibility index (Phi) is 3.47. The molecule has 5 rings (SSSR count). The van der Waals surface area contributed by atoms with E-state index in [1.807, 2.05) is 12.1 Å². The summed E-state index contributed by atoms with van der Waals surface area (Å²) in [7, 11) is -3.35. The van der Waals surface area contributed by atoms with Crippen LogP contribution >= 0.6 is 0 Å². The van der Waals surface area contributed by atoms with Crippen LogP contribution < -0.4 is 4.31 Å². The molecule has 4 nitrogen and oxygen atoms in total. The van der Waals surface area contributed by atoms with E-state index >= 15 is 0 Å². The summed E-state index contributed by atoms with van der Waals surface area (Å²) in [4.78, 5) is 0. The first-order chi connectivity index (χ1) is 12.9. The Bertz CT molecular complexity index is 1140. The summed E-state index contributed by atoms with van der Waals surface area (Å²) in [5.74, 6) is 0.363. The van der Waals surface area contributed by atoms with Gasteiger partial charge in [0.1, 0.15) is 17.2 Å². The fourth-order valence-electron chi connectivity index (χ4n) is 4.29. The molecule has 1 aliphatic carbocycles. The van der Waals surface area contributed by atoms with E-state index in [0.717, 1.165) is 47.9 Å². The maximum absolute atomic E-state index is 13.2. The lowest BCUT2D eigenvalue weighted by atomic mass is 9.90. The number of sulfonamides is 1. The molecule has 27 heavy (non-hydrogen) atoms. The third-order valence-corrected chi connectivity index (χ3v) is 7.05. The SMILES string of the molecule is CS(=O)(=O)N1CCCC2(CC2)c2cc3cc(-c4ccc(F)cc4)oc3cc21. The first-order valence-electron chi connectivity index (χ1n) is 9.18. The number of anilines is 1. The predicted octanol–water partition coefficient (Wildman–Crippen LogP) is 4.83. The number of furan rings is 1. The summed E-state index contributed by atoms with van der Waals surface area (Å²) < 4.78 is 45.5. The van der Waals surface area contributed by atoms with Gasteiger partial charge >= 0.3 is 0 Å². The van der Waals surface area contributed by atoms with Crippen LogP contribution in [0.15, 0.2) is 46.9 Å². The van der Waals surface area contributed by atoms with Gasteiger partial charge in [0.05, 0.1) is 11.9 Å². The molecule has 0 N–H and O–H groups in total. The van der Waals surface area contributed by atoms with E-state index in [1.54, 1.807) is 12.1 Å². The van der Waals surface area contributed by atoms with Gasteiger partial charge in [-0.05, 0) is 73.1 Å². The average Bonchev–Trinajstić information content (AvgIpc) is 3.32. The smallest absolute Gasteiger partial charge is 0.232 e. The molecular weight excluding hydrogens is 365 g/mol. The normalized spacial score (nSPS) is 18.5. The van der Waals surface area contributed by atoms with Gasteiger partial charge < -0.3 is 4.42 Å². The number of nitrogens with zero attached hydrogens (tertiary/aromatic N) is 1. The predicted molar refractivity (Wildman–Crippen MR) is 104 cm³/mol. The lowest BCUT2D eigenvalue weighted by Crippen LogP contribution is -2.30. The van der Waals surface area contributed by atoms with E-state index in [9.17, 15) is 12.8 Å². The zero-order valence-corrected chi connectivity index (χ0v) is 15.9. The first kappa shape index (κ1) is 16.8. The summed E-state index contributed by atoms with van der Waals surface area (Å²) in [5, 5.41) is 0.953. The van der Waals surface area contributed by atoms with Gasteiger partial charge in [0.25, 0.3) is 0 Å². The Morgan fingerprint density at radius 2 is 1.81 bits per heavy atom. The van der Waals surface area contributed by atoms with Crippen molar-refractivity contribution in [3.63, 3.8) is 0 Å². The van der Waals surface area contributed by atoms with E-state index in [1.165, 1.54) is 22.7 Å². The fraction of sp³-hybridized carbons (Fsp3) is 0.333. The summed E-state index contributed by atoms with van der Waals surface area (Å²) in [6.45, 7) is 0.505. The van der Waals surface area contributed by atoms with Crippen molar-refractivity contribution in [1.82, 2.24) is 0 Å². The monoisotopic (exact) mass is 385 g/mol. The fourth-order valence-corrected chi connectivity index (χ4v) is 5.26. The maximum Gasteiger partial charge on any atom is 0.232 e. The summed E-state index contributed by atoms with van der Waals surface area (Å²) >= 11 is 0. The van der Waals surface area contributed by atoms with Crippen molar-refractivity contribution in [2.45, 2.75) is 31.1 Å². The Labute approximate surface area is 157 Å². The van der Waals surface area contributed by atoms with E-state index < -0.39 is 10.0 Å². The third kappa shape index (κ3) is 2.74. The highest BCUT2D eigenvalue weighted by Gasteiger charge is 2.48. The van der Waals surface area contributed by atoms with Crippen molar-refractivity contribution in [1.29, 1.82) is 0 Å².